The largest absolute Gasteiger partial charge is 0.344 e. The summed E-state index contributed by atoms with van der Waals surface area (Å²) in [5.41, 5.74) is 1.12. The van der Waals surface area contributed by atoms with Crippen LogP contribution in [0.15, 0.2) is 5.38 Å². The lowest BCUT2D eigenvalue weighted by molar-refractivity contribution is -0.132. The molecule has 1 unspecified atom stereocenters. The molecule has 1 aromatic rings. The van der Waals surface area contributed by atoms with Crippen molar-refractivity contribution in [3.05, 3.63) is 16.1 Å². The molecule has 4 nitrogen and oxygen atoms in total. The first-order valence-corrected chi connectivity index (χ1v) is 6.97. The molecule has 1 aromatic heterocycles. The molecule has 1 amide bonds. The highest BCUT2D eigenvalue weighted by Crippen LogP contribution is 2.12. The summed E-state index contributed by atoms with van der Waals surface area (Å²) in [5.74, 6) is 0.255. The first-order valence-electron chi connectivity index (χ1n) is 6.09. The lowest BCUT2D eigenvalue weighted by Crippen LogP contribution is -2.46. The Morgan fingerprint density at radius 3 is 3.12 bits per heavy atom. The van der Waals surface area contributed by atoms with Gasteiger partial charge in [0.2, 0.25) is 5.91 Å². The van der Waals surface area contributed by atoms with Crippen LogP contribution in [-0.4, -0.2) is 35.4 Å². The number of hydrogen-bond acceptors (Lipinski definition) is 4. The predicted octanol–water partition coefficient (Wildman–Crippen LogP) is 1.42. The van der Waals surface area contributed by atoms with Gasteiger partial charge in [0.1, 0.15) is 0 Å². The highest BCUT2D eigenvalue weighted by molar-refractivity contribution is 7.09. The number of aromatic nitrogens is 1. The normalized spacial score (nSPS) is 20.9. The van der Waals surface area contributed by atoms with Crippen LogP contribution in [0, 0.1) is 0 Å². The molecule has 5 heteroatoms. The van der Waals surface area contributed by atoms with Gasteiger partial charge in [0, 0.05) is 38.0 Å². The molecule has 17 heavy (non-hydrogen) atoms. The second-order valence-electron chi connectivity index (χ2n) is 4.48. The van der Waals surface area contributed by atoms with Gasteiger partial charge in [-0.05, 0) is 12.8 Å². The van der Waals surface area contributed by atoms with Gasteiger partial charge < -0.3 is 10.2 Å². The Morgan fingerprint density at radius 1 is 1.65 bits per heavy atom. The summed E-state index contributed by atoms with van der Waals surface area (Å²) >= 11 is 1.72. The maximum Gasteiger partial charge on any atom is 0.222 e. The summed E-state index contributed by atoms with van der Waals surface area (Å²) in [5, 5.41) is 6.78. The molecule has 2 rings (SSSR count). The number of aryl methyl sites for hydroxylation is 1. The first-order chi connectivity index (χ1) is 8.19. The molecule has 1 atom stereocenters. The van der Waals surface area contributed by atoms with Gasteiger partial charge in [-0.1, -0.05) is 6.92 Å². The zero-order chi connectivity index (χ0) is 12.3. The SMILES string of the molecule is CCc1nc(CNC2CCC(=O)N(C)C2)cs1. The van der Waals surface area contributed by atoms with Crippen molar-refractivity contribution in [2.75, 3.05) is 13.6 Å². The highest BCUT2D eigenvalue weighted by Gasteiger charge is 2.22. The molecule has 0 saturated carbocycles. The van der Waals surface area contributed by atoms with Crippen molar-refractivity contribution in [1.29, 1.82) is 0 Å². The van der Waals surface area contributed by atoms with Crippen LogP contribution in [0.1, 0.15) is 30.5 Å². The molecule has 1 N–H and O–H groups in total. The summed E-state index contributed by atoms with van der Waals surface area (Å²) in [7, 11) is 1.87. The minimum atomic E-state index is 0.255. The van der Waals surface area contributed by atoms with Gasteiger partial charge in [-0.15, -0.1) is 11.3 Å². The summed E-state index contributed by atoms with van der Waals surface area (Å²) in [6.07, 6.45) is 2.60. The van der Waals surface area contributed by atoms with Crippen molar-refractivity contribution in [1.82, 2.24) is 15.2 Å². The molecule has 1 fully saturated rings. The zero-order valence-electron chi connectivity index (χ0n) is 10.4. The van der Waals surface area contributed by atoms with Crippen LogP contribution < -0.4 is 5.32 Å². The van der Waals surface area contributed by atoms with Crippen LogP contribution in [0.25, 0.3) is 0 Å². The molecular weight excluding hydrogens is 234 g/mol. The van der Waals surface area contributed by atoms with Gasteiger partial charge in [-0.25, -0.2) is 4.98 Å². The van der Waals surface area contributed by atoms with Crippen LogP contribution in [-0.2, 0) is 17.8 Å². The topological polar surface area (TPSA) is 45.2 Å². The van der Waals surface area contributed by atoms with E-state index in [0.717, 1.165) is 31.6 Å². The molecule has 0 spiro atoms. The van der Waals surface area contributed by atoms with E-state index in [0.29, 0.717) is 12.5 Å². The van der Waals surface area contributed by atoms with Gasteiger partial charge in [0.05, 0.1) is 10.7 Å². The third kappa shape index (κ3) is 3.26. The number of piperidine rings is 1. The molecular formula is C12H19N3OS. The third-order valence-electron chi connectivity index (χ3n) is 3.10. The second kappa shape index (κ2) is 5.60. The van der Waals surface area contributed by atoms with Crippen molar-refractivity contribution in [2.45, 2.75) is 38.8 Å². The minimum Gasteiger partial charge on any atom is -0.344 e. The number of rotatable bonds is 4. The number of carbonyl (C=O) groups is 1. The quantitative estimate of drug-likeness (QED) is 0.882. The monoisotopic (exact) mass is 253 g/mol. The Morgan fingerprint density at radius 2 is 2.47 bits per heavy atom. The Kier molecular flexibility index (Phi) is 4.12. The minimum absolute atomic E-state index is 0.255. The number of carbonyl (C=O) groups excluding carboxylic acids is 1. The molecule has 0 bridgehead atoms. The van der Waals surface area contributed by atoms with Gasteiger partial charge in [-0.2, -0.15) is 0 Å². The first kappa shape index (κ1) is 12.5. The molecule has 0 aromatic carbocycles. The van der Waals surface area contributed by atoms with Gasteiger partial charge >= 0.3 is 0 Å². The Labute approximate surface area is 106 Å². The van der Waals surface area contributed by atoms with E-state index in [1.807, 2.05) is 7.05 Å². The lowest BCUT2D eigenvalue weighted by atomic mass is 10.1. The predicted molar refractivity (Wildman–Crippen MR) is 69.0 cm³/mol. The smallest absolute Gasteiger partial charge is 0.222 e. The summed E-state index contributed by atoms with van der Waals surface area (Å²) in [4.78, 5) is 17.7. The third-order valence-corrected chi connectivity index (χ3v) is 4.14. The van der Waals surface area contributed by atoms with Gasteiger partial charge in [0.15, 0.2) is 0 Å². The molecule has 1 aliphatic rings. The molecule has 0 radical (unpaired) electrons. The summed E-state index contributed by atoms with van der Waals surface area (Å²) in [6, 6.07) is 0.407. The number of thiazole rings is 1. The van der Waals surface area contributed by atoms with Crippen LogP contribution >= 0.6 is 11.3 Å². The molecule has 0 aliphatic carbocycles. The summed E-state index contributed by atoms with van der Waals surface area (Å²) in [6.45, 7) is 3.74. The molecule has 1 aliphatic heterocycles. The number of hydrogen-bond donors (Lipinski definition) is 1. The number of likely N-dealkylation sites (tertiary alicyclic amines) is 1. The van der Waals surface area contributed by atoms with E-state index in [-0.39, 0.29) is 5.91 Å². The van der Waals surface area contributed by atoms with E-state index >= 15 is 0 Å². The Hall–Kier alpha value is -0.940. The maximum atomic E-state index is 11.3. The fourth-order valence-corrected chi connectivity index (χ4v) is 2.77. The van der Waals surface area contributed by atoms with E-state index < -0.39 is 0 Å². The molecule has 1 saturated heterocycles. The van der Waals surface area contributed by atoms with E-state index in [1.54, 1.807) is 16.2 Å². The zero-order valence-corrected chi connectivity index (χ0v) is 11.2. The maximum absolute atomic E-state index is 11.3. The van der Waals surface area contributed by atoms with Crippen LogP contribution in [0.5, 0.6) is 0 Å². The lowest BCUT2D eigenvalue weighted by Gasteiger charge is -2.30. The molecule has 2 heterocycles. The van der Waals surface area contributed by atoms with E-state index in [4.69, 9.17) is 0 Å². The van der Waals surface area contributed by atoms with Crippen molar-refractivity contribution in [3.8, 4) is 0 Å². The van der Waals surface area contributed by atoms with Crippen molar-refractivity contribution in [2.24, 2.45) is 0 Å². The second-order valence-corrected chi connectivity index (χ2v) is 5.42. The Bertz CT molecular complexity index is 391. The standard InChI is InChI=1S/C12H19N3OS/c1-3-11-14-10(8-17-11)6-13-9-4-5-12(16)15(2)7-9/h8-9,13H,3-7H2,1-2H3. The van der Waals surface area contributed by atoms with Crippen LogP contribution in [0.3, 0.4) is 0 Å². The number of likely N-dealkylation sites (N-methyl/N-ethyl adjacent to an activating group) is 1. The fraction of sp³-hybridized carbons (Fsp3) is 0.667. The van der Waals surface area contributed by atoms with Gasteiger partial charge in [-0.3, -0.25) is 4.79 Å². The van der Waals surface area contributed by atoms with Crippen LogP contribution in [0.2, 0.25) is 0 Å². The average molecular weight is 253 g/mol. The van der Waals surface area contributed by atoms with Crippen LogP contribution in [0.4, 0.5) is 0 Å². The number of nitrogens with zero attached hydrogens (tertiary/aromatic N) is 2. The van der Waals surface area contributed by atoms with E-state index in [2.05, 4.69) is 22.6 Å². The number of amides is 1. The van der Waals surface area contributed by atoms with Crippen molar-refractivity contribution < 1.29 is 4.79 Å². The molecule has 94 valence electrons. The Balaban J connectivity index is 1.80. The van der Waals surface area contributed by atoms with Crippen molar-refractivity contribution >= 4 is 17.2 Å². The van der Waals surface area contributed by atoms with Gasteiger partial charge in [0.25, 0.3) is 0 Å². The van der Waals surface area contributed by atoms with Crippen molar-refractivity contribution in [3.63, 3.8) is 0 Å². The summed E-state index contributed by atoms with van der Waals surface area (Å²) < 4.78 is 0. The average Bonchev–Trinajstić information content (AvgIpc) is 2.79. The van der Waals surface area contributed by atoms with E-state index in [1.165, 1.54) is 5.01 Å². The highest BCUT2D eigenvalue weighted by atomic mass is 32.1. The van der Waals surface area contributed by atoms with E-state index in [9.17, 15) is 4.79 Å². The fourth-order valence-electron chi connectivity index (χ4n) is 2.02. The number of nitrogens with one attached hydrogen (secondary N) is 1.